The van der Waals surface area contributed by atoms with Crippen molar-refractivity contribution in [2.24, 2.45) is 0 Å². The number of hydrogen-bond acceptors (Lipinski definition) is 5. The van der Waals surface area contributed by atoms with Crippen molar-refractivity contribution in [2.45, 2.75) is 13.3 Å². The highest BCUT2D eigenvalue weighted by Gasteiger charge is 2.02. The molecule has 0 aliphatic rings. The van der Waals surface area contributed by atoms with Gasteiger partial charge in [-0.05, 0) is 18.6 Å². The molecule has 0 fully saturated rings. The van der Waals surface area contributed by atoms with Gasteiger partial charge in [0.2, 0.25) is 0 Å². The van der Waals surface area contributed by atoms with E-state index in [0.29, 0.717) is 12.4 Å². The van der Waals surface area contributed by atoms with Crippen LogP contribution in [0.2, 0.25) is 0 Å². The Bertz CT molecular complexity index is 455. The molecule has 0 atom stereocenters. The fourth-order valence-electron chi connectivity index (χ4n) is 1.22. The fourth-order valence-corrected chi connectivity index (χ4v) is 1.59. The van der Waals surface area contributed by atoms with E-state index in [9.17, 15) is 8.42 Å². The van der Waals surface area contributed by atoms with Crippen LogP contribution in [0.3, 0.4) is 0 Å². The number of hydrogen-bond donors (Lipinski definition) is 0. The van der Waals surface area contributed by atoms with Gasteiger partial charge in [0, 0.05) is 6.07 Å². The molecule has 0 aliphatic heterocycles. The van der Waals surface area contributed by atoms with Gasteiger partial charge in [-0.1, -0.05) is 13.0 Å². The van der Waals surface area contributed by atoms with E-state index in [-0.39, 0.29) is 13.2 Å². The van der Waals surface area contributed by atoms with Crippen molar-refractivity contribution in [1.82, 2.24) is 0 Å². The molecular formula is C12H18O5S. The highest BCUT2D eigenvalue weighted by Crippen LogP contribution is 2.19. The smallest absolute Gasteiger partial charge is 0.264 e. The SMILES string of the molecule is CCCOc1cccc(OCCOS(C)(=O)=O)c1. The largest absolute Gasteiger partial charge is 0.493 e. The lowest BCUT2D eigenvalue weighted by molar-refractivity contribution is 0.221. The zero-order chi connectivity index (χ0) is 13.4. The molecule has 0 saturated carbocycles. The van der Waals surface area contributed by atoms with Crippen LogP contribution in [-0.2, 0) is 14.3 Å². The summed E-state index contributed by atoms with van der Waals surface area (Å²) in [7, 11) is -3.40. The molecule has 0 spiro atoms. The molecule has 102 valence electrons. The highest BCUT2D eigenvalue weighted by atomic mass is 32.2. The average Bonchev–Trinajstić information content (AvgIpc) is 2.31. The zero-order valence-corrected chi connectivity index (χ0v) is 11.4. The van der Waals surface area contributed by atoms with Gasteiger partial charge >= 0.3 is 0 Å². The summed E-state index contributed by atoms with van der Waals surface area (Å²) in [6, 6.07) is 7.20. The van der Waals surface area contributed by atoms with Crippen LogP contribution in [0.25, 0.3) is 0 Å². The minimum absolute atomic E-state index is 0.00111. The normalized spacial score (nSPS) is 11.2. The van der Waals surface area contributed by atoms with Gasteiger partial charge in [-0.15, -0.1) is 0 Å². The third-order valence-electron chi connectivity index (χ3n) is 1.93. The molecule has 6 heteroatoms. The first-order valence-corrected chi connectivity index (χ1v) is 7.53. The van der Waals surface area contributed by atoms with Gasteiger partial charge in [0.25, 0.3) is 10.1 Å². The van der Waals surface area contributed by atoms with Crippen molar-refractivity contribution in [3.63, 3.8) is 0 Å². The number of ether oxygens (including phenoxy) is 2. The quantitative estimate of drug-likeness (QED) is 0.534. The summed E-state index contributed by atoms with van der Waals surface area (Å²) in [5, 5.41) is 0. The van der Waals surface area contributed by atoms with Crippen molar-refractivity contribution >= 4 is 10.1 Å². The van der Waals surface area contributed by atoms with E-state index in [1.54, 1.807) is 12.1 Å². The van der Waals surface area contributed by atoms with E-state index in [0.717, 1.165) is 18.4 Å². The van der Waals surface area contributed by atoms with Crippen molar-refractivity contribution in [1.29, 1.82) is 0 Å². The van der Waals surface area contributed by atoms with E-state index in [4.69, 9.17) is 9.47 Å². The molecule has 0 aromatic heterocycles. The van der Waals surface area contributed by atoms with Gasteiger partial charge in [0.05, 0.1) is 12.9 Å². The first-order chi connectivity index (χ1) is 8.51. The Balaban J connectivity index is 2.38. The maximum atomic E-state index is 10.7. The molecule has 18 heavy (non-hydrogen) atoms. The molecule has 0 amide bonds. The van der Waals surface area contributed by atoms with Crippen LogP contribution in [0.15, 0.2) is 24.3 Å². The van der Waals surface area contributed by atoms with E-state index in [1.165, 1.54) is 0 Å². The molecule has 1 aromatic rings. The molecule has 0 bridgehead atoms. The van der Waals surface area contributed by atoms with E-state index in [1.807, 2.05) is 19.1 Å². The molecule has 5 nitrogen and oxygen atoms in total. The molecule has 0 N–H and O–H groups in total. The van der Waals surface area contributed by atoms with Crippen molar-refractivity contribution in [3.05, 3.63) is 24.3 Å². The monoisotopic (exact) mass is 274 g/mol. The summed E-state index contributed by atoms with van der Waals surface area (Å²) >= 11 is 0. The standard InChI is InChI=1S/C12H18O5S/c1-3-7-15-11-5-4-6-12(10-11)16-8-9-17-18(2,13)14/h4-6,10H,3,7-9H2,1-2H3. The topological polar surface area (TPSA) is 61.8 Å². The van der Waals surface area contributed by atoms with Crippen LogP contribution >= 0.6 is 0 Å². The summed E-state index contributed by atoms with van der Waals surface area (Å²) in [5.41, 5.74) is 0. The van der Waals surface area contributed by atoms with Gasteiger partial charge in [0.1, 0.15) is 24.7 Å². The average molecular weight is 274 g/mol. The molecule has 1 rings (SSSR count). The lowest BCUT2D eigenvalue weighted by Gasteiger charge is -2.08. The maximum Gasteiger partial charge on any atom is 0.264 e. The van der Waals surface area contributed by atoms with E-state index >= 15 is 0 Å². The summed E-state index contributed by atoms with van der Waals surface area (Å²) in [6.45, 7) is 2.85. The fraction of sp³-hybridized carbons (Fsp3) is 0.500. The van der Waals surface area contributed by atoms with Gasteiger partial charge < -0.3 is 9.47 Å². The van der Waals surface area contributed by atoms with Gasteiger partial charge in [-0.3, -0.25) is 4.18 Å². The molecule has 0 saturated heterocycles. The second-order valence-electron chi connectivity index (χ2n) is 3.70. The Hall–Kier alpha value is -1.27. The third-order valence-corrected chi connectivity index (χ3v) is 2.52. The lowest BCUT2D eigenvalue weighted by Crippen LogP contribution is -2.11. The zero-order valence-electron chi connectivity index (χ0n) is 10.6. The Kier molecular flexibility index (Phi) is 5.94. The predicted molar refractivity (Wildman–Crippen MR) is 68.5 cm³/mol. The molecule has 0 heterocycles. The van der Waals surface area contributed by atoms with Gasteiger partial charge in [0.15, 0.2) is 0 Å². The van der Waals surface area contributed by atoms with Gasteiger partial charge in [-0.2, -0.15) is 8.42 Å². The van der Waals surface area contributed by atoms with Crippen molar-refractivity contribution in [3.8, 4) is 11.5 Å². The number of benzene rings is 1. The van der Waals surface area contributed by atoms with Crippen LogP contribution in [-0.4, -0.2) is 34.5 Å². The Morgan fingerprint density at radius 2 is 1.67 bits per heavy atom. The lowest BCUT2D eigenvalue weighted by atomic mass is 10.3. The highest BCUT2D eigenvalue weighted by molar-refractivity contribution is 7.85. The summed E-state index contributed by atoms with van der Waals surface area (Å²) in [6.07, 6.45) is 1.94. The van der Waals surface area contributed by atoms with Crippen LogP contribution in [0.1, 0.15) is 13.3 Å². The molecule has 0 radical (unpaired) electrons. The van der Waals surface area contributed by atoms with Gasteiger partial charge in [-0.25, -0.2) is 0 Å². The Morgan fingerprint density at radius 3 is 2.22 bits per heavy atom. The maximum absolute atomic E-state index is 10.7. The predicted octanol–water partition coefficient (Wildman–Crippen LogP) is 1.83. The third kappa shape index (κ3) is 6.46. The number of rotatable bonds is 8. The van der Waals surface area contributed by atoms with Crippen LogP contribution in [0.5, 0.6) is 11.5 Å². The summed E-state index contributed by atoms with van der Waals surface area (Å²) in [4.78, 5) is 0. The van der Waals surface area contributed by atoms with Crippen molar-refractivity contribution < 1.29 is 22.1 Å². The molecular weight excluding hydrogens is 256 g/mol. The molecule has 1 aromatic carbocycles. The first-order valence-electron chi connectivity index (χ1n) is 5.71. The molecule has 0 aliphatic carbocycles. The second-order valence-corrected chi connectivity index (χ2v) is 5.34. The summed E-state index contributed by atoms with van der Waals surface area (Å²) < 4.78 is 36.8. The Labute approximate surface area is 108 Å². The summed E-state index contributed by atoms with van der Waals surface area (Å²) in [5.74, 6) is 1.36. The van der Waals surface area contributed by atoms with E-state index < -0.39 is 10.1 Å². The Morgan fingerprint density at radius 1 is 1.06 bits per heavy atom. The van der Waals surface area contributed by atoms with E-state index in [2.05, 4.69) is 4.18 Å². The van der Waals surface area contributed by atoms with Crippen LogP contribution in [0, 0.1) is 0 Å². The van der Waals surface area contributed by atoms with Crippen LogP contribution in [0.4, 0.5) is 0 Å². The minimum Gasteiger partial charge on any atom is -0.493 e. The first kappa shape index (κ1) is 14.8. The van der Waals surface area contributed by atoms with Crippen molar-refractivity contribution in [2.75, 3.05) is 26.1 Å². The second kappa shape index (κ2) is 7.23. The minimum atomic E-state index is -3.40. The molecule has 0 unspecified atom stereocenters. The van der Waals surface area contributed by atoms with Crippen LogP contribution < -0.4 is 9.47 Å².